The third-order valence-corrected chi connectivity index (χ3v) is 4.06. The summed E-state index contributed by atoms with van der Waals surface area (Å²) in [4.78, 5) is 2.41. The maximum Gasteiger partial charge on any atom is 0.0610 e. The molecule has 3 nitrogen and oxygen atoms in total. The first-order valence-corrected chi connectivity index (χ1v) is 8.22. The highest BCUT2D eigenvalue weighted by molar-refractivity contribution is 5.48. The fraction of sp³-hybridized carbons (Fsp3) is 0.667. The maximum atomic E-state index is 9.61. The second kappa shape index (κ2) is 9.06. The lowest BCUT2D eigenvalue weighted by molar-refractivity contribution is 0.164. The lowest BCUT2D eigenvalue weighted by Crippen LogP contribution is -2.46. The highest BCUT2D eigenvalue weighted by Crippen LogP contribution is 2.18. The molecule has 0 aromatic heterocycles. The molecular weight excluding hydrogens is 260 g/mol. The number of aryl methyl sites for hydroxylation is 1. The van der Waals surface area contributed by atoms with E-state index in [9.17, 15) is 5.11 Å². The van der Waals surface area contributed by atoms with Gasteiger partial charge >= 0.3 is 0 Å². The standard InChI is InChI=1S/C18H32N2O/c1-5-12-19-18(4,15-21)11-8-13-20(6-2)17-10-7-9-16(3)14-17/h7,9-10,14,19,21H,5-6,8,11-13,15H2,1-4H3. The number of nitrogens with zero attached hydrogens (tertiary/aromatic N) is 1. The van der Waals surface area contributed by atoms with Crippen molar-refractivity contribution in [2.24, 2.45) is 0 Å². The summed E-state index contributed by atoms with van der Waals surface area (Å²) in [6, 6.07) is 8.67. The van der Waals surface area contributed by atoms with Gasteiger partial charge in [0.1, 0.15) is 0 Å². The molecule has 0 radical (unpaired) electrons. The third kappa shape index (κ3) is 6.06. The smallest absolute Gasteiger partial charge is 0.0610 e. The van der Waals surface area contributed by atoms with Crippen LogP contribution < -0.4 is 10.2 Å². The van der Waals surface area contributed by atoms with E-state index in [2.05, 4.69) is 62.2 Å². The van der Waals surface area contributed by atoms with E-state index < -0.39 is 0 Å². The summed E-state index contributed by atoms with van der Waals surface area (Å²) in [7, 11) is 0. The van der Waals surface area contributed by atoms with Crippen LogP contribution >= 0.6 is 0 Å². The Bertz CT molecular complexity index is 408. The van der Waals surface area contributed by atoms with Crippen LogP contribution in [0, 0.1) is 6.92 Å². The van der Waals surface area contributed by atoms with Crippen molar-refractivity contribution in [1.29, 1.82) is 0 Å². The average molecular weight is 292 g/mol. The summed E-state index contributed by atoms with van der Waals surface area (Å²) in [5, 5.41) is 13.1. The second-order valence-corrected chi connectivity index (χ2v) is 6.17. The molecule has 120 valence electrons. The van der Waals surface area contributed by atoms with Gasteiger partial charge in [0.15, 0.2) is 0 Å². The van der Waals surface area contributed by atoms with Gasteiger partial charge in [0, 0.05) is 24.3 Å². The van der Waals surface area contributed by atoms with E-state index in [-0.39, 0.29) is 12.1 Å². The van der Waals surface area contributed by atoms with Crippen LogP contribution in [0.3, 0.4) is 0 Å². The number of nitrogens with one attached hydrogen (secondary N) is 1. The van der Waals surface area contributed by atoms with E-state index >= 15 is 0 Å². The van der Waals surface area contributed by atoms with Crippen LogP contribution in [0.25, 0.3) is 0 Å². The Morgan fingerprint density at radius 1 is 1.29 bits per heavy atom. The molecular formula is C18H32N2O. The zero-order chi connectivity index (χ0) is 15.7. The van der Waals surface area contributed by atoms with Crippen molar-refractivity contribution in [3.05, 3.63) is 29.8 Å². The summed E-state index contributed by atoms with van der Waals surface area (Å²) < 4.78 is 0. The molecule has 0 aliphatic carbocycles. The Morgan fingerprint density at radius 2 is 2.05 bits per heavy atom. The van der Waals surface area contributed by atoms with Gasteiger partial charge in [-0.2, -0.15) is 0 Å². The van der Waals surface area contributed by atoms with Gasteiger partial charge in [0.05, 0.1) is 6.61 Å². The molecule has 0 aliphatic heterocycles. The fourth-order valence-corrected chi connectivity index (χ4v) is 2.60. The summed E-state index contributed by atoms with van der Waals surface area (Å²) in [6.45, 7) is 11.8. The number of hydrogen-bond acceptors (Lipinski definition) is 3. The molecule has 0 saturated heterocycles. The van der Waals surface area contributed by atoms with Gasteiger partial charge in [-0.1, -0.05) is 19.1 Å². The van der Waals surface area contributed by atoms with Crippen LogP contribution in [0.15, 0.2) is 24.3 Å². The Kier molecular flexibility index (Phi) is 7.76. The molecule has 1 unspecified atom stereocenters. The van der Waals surface area contributed by atoms with Crippen LogP contribution in [0.4, 0.5) is 5.69 Å². The van der Waals surface area contributed by atoms with E-state index in [1.165, 1.54) is 11.3 Å². The molecule has 0 bridgehead atoms. The highest BCUT2D eigenvalue weighted by Gasteiger charge is 2.21. The lowest BCUT2D eigenvalue weighted by Gasteiger charge is -2.31. The van der Waals surface area contributed by atoms with Gasteiger partial charge in [0.25, 0.3) is 0 Å². The van der Waals surface area contributed by atoms with Crippen molar-refractivity contribution in [2.45, 2.75) is 52.5 Å². The van der Waals surface area contributed by atoms with Crippen molar-refractivity contribution in [2.75, 3.05) is 31.1 Å². The molecule has 1 rings (SSSR count). The zero-order valence-corrected chi connectivity index (χ0v) is 14.2. The molecule has 0 spiro atoms. The van der Waals surface area contributed by atoms with Crippen molar-refractivity contribution >= 4 is 5.69 Å². The Hall–Kier alpha value is -1.06. The molecule has 21 heavy (non-hydrogen) atoms. The van der Waals surface area contributed by atoms with Crippen LogP contribution in [-0.4, -0.2) is 36.9 Å². The zero-order valence-electron chi connectivity index (χ0n) is 14.2. The highest BCUT2D eigenvalue weighted by atomic mass is 16.3. The largest absolute Gasteiger partial charge is 0.394 e. The predicted octanol–water partition coefficient (Wildman–Crippen LogP) is 3.35. The summed E-state index contributed by atoms with van der Waals surface area (Å²) in [6.07, 6.45) is 3.17. The monoisotopic (exact) mass is 292 g/mol. The normalized spacial score (nSPS) is 14.0. The summed E-state index contributed by atoms with van der Waals surface area (Å²) in [5.74, 6) is 0. The molecule has 3 heteroatoms. The summed E-state index contributed by atoms with van der Waals surface area (Å²) in [5.41, 5.74) is 2.45. The minimum Gasteiger partial charge on any atom is -0.394 e. The number of aliphatic hydroxyl groups excluding tert-OH is 1. The molecule has 0 heterocycles. The van der Waals surface area contributed by atoms with Crippen molar-refractivity contribution < 1.29 is 5.11 Å². The number of benzene rings is 1. The van der Waals surface area contributed by atoms with Crippen LogP contribution in [0.1, 0.15) is 45.6 Å². The van der Waals surface area contributed by atoms with Gasteiger partial charge in [-0.25, -0.2) is 0 Å². The molecule has 0 amide bonds. The van der Waals surface area contributed by atoms with Gasteiger partial charge < -0.3 is 15.3 Å². The van der Waals surface area contributed by atoms with E-state index in [0.29, 0.717) is 0 Å². The molecule has 1 atom stereocenters. The van der Waals surface area contributed by atoms with Gasteiger partial charge in [0.2, 0.25) is 0 Å². The van der Waals surface area contributed by atoms with E-state index in [1.807, 2.05) is 0 Å². The van der Waals surface area contributed by atoms with Crippen LogP contribution in [-0.2, 0) is 0 Å². The number of aliphatic hydroxyl groups is 1. The molecule has 0 fully saturated rings. The Labute approximate surface area is 130 Å². The Balaban J connectivity index is 2.51. The van der Waals surface area contributed by atoms with Crippen molar-refractivity contribution in [3.63, 3.8) is 0 Å². The number of hydrogen-bond donors (Lipinski definition) is 2. The number of anilines is 1. The van der Waals surface area contributed by atoms with Gasteiger partial charge in [-0.3, -0.25) is 0 Å². The minimum absolute atomic E-state index is 0.151. The maximum absolute atomic E-state index is 9.61. The first kappa shape index (κ1) is 18.0. The molecule has 1 aromatic rings. The quantitative estimate of drug-likeness (QED) is 0.694. The van der Waals surface area contributed by atoms with Gasteiger partial charge in [-0.15, -0.1) is 0 Å². The molecule has 0 saturated carbocycles. The fourth-order valence-electron chi connectivity index (χ4n) is 2.60. The second-order valence-electron chi connectivity index (χ2n) is 6.17. The number of rotatable bonds is 10. The molecule has 1 aromatic carbocycles. The topological polar surface area (TPSA) is 35.5 Å². The average Bonchev–Trinajstić information content (AvgIpc) is 2.49. The first-order valence-electron chi connectivity index (χ1n) is 8.22. The van der Waals surface area contributed by atoms with Crippen molar-refractivity contribution in [3.8, 4) is 0 Å². The predicted molar refractivity (Wildman–Crippen MR) is 92.1 cm³/mol. The van der Waals surface area contributed by atoms with Crippen LogP contribution in [0.5, 0.6) is 0 Å². The molecule has 0 aliphatic rings. The molecule has 2 N–H and O–H groups in total. The van der Waals surface area contributed by atoms with E-state index in [1.54, 1.807) is 0 Å². The van der Waals surface area contributed by atoms with Gasteiger partial charge in [-0.05, 0) is 64.3 Å². The lowest BCUT2D eigenvalue weighted by atomic mass is 9.96. The first-order chi connectivity index (χ1) is 10.0. The van der Waals surface area contributed by atoms with E-state index in [4.69, 9.17) is 0 Å². The van der Waals surface area contributed by atoms with E-state index in [0.717, 1.165) is 38.9 Å². The van der Waals surface area contributed by atoms with Crippen molar-refractivity contribution in [1.82, 2.24) is 5.32 Å². The van der Waals surface area contributed by atoms with Crippen LogP contribution in [0.2, 0.25) is 0 Å². The third-order valence-electron chi connectivity index (χ3n) is 4.06. The Morgan fingerprint density at radius 3 is 2.62 bits per heavy atom. The SMILES string of the molecule is CCCNC(C)(CO)CCCN(CC)c1cccc(C)c1. The minimum atomic E-state index is -0.151. The summed E-state index contributed by atoms with van der Waals surface area (Å²) >= 11 is 0.